The molecule has 5 nitrogen and oxygen atoms in total. The van der Waals surface area contributed by atoms with Crippen molar-refractivity contribution in [2.45, 2.75) is 26.4 Å². The first-order valence-corrected chi connectivity index (χ1v) is 5.30. The van der Waals surface area contributed by atoms with E-state index in [0.29, 0.717) is 12.0 Å². The first-order chi connectivity index (χ1) is 7.24. The van der Waals surface area contributed by atoms with Gasteiger partial charge in [0.25, 0.3) is 0 Å². The molecule has 1 N–H and O–H groups in total. The lowest BCUT2D eigenvalue weighted by Gasteiger charge is -2.21. The number of hydrogen-bond donors (Lipinski definition) is 1. The van der Waals surface area contributed by atoms with Gasteiger partial charge in [0, 0.05) is 25.9 Å². The van der Waals surface area contributed by atoms with E-state index in [2.05, 4.69) is 29.5 Å². The zero-order chi connectivity index (χ0) is 11.1. The van der Waals surface area contributed by atoms with Crippen LogP contribution < -0.4 is 5.32 Å². The second-order valence-corrected chi connectivity index (χ2v) is 3.93. The molecule has 86 valence electrons. The first kappa shape index (κ1) is 12.1. The Morgan fingerprint density at radius 2 is 2.27 bits per heavy atom. The number of nitrogens with one attached hydrogen (secondary N) is 1. The van der Waals surface area contributed by atoms with Crippen LogP contribution in [0, 0.1) is 5.92 Å². The zero-order valence-electron chi connectivity index (χ0n) is 9.68. The molecule has 0 saturated heterocycles. The van der Waals surface area contributed by atoms with E-state index in [9.17, 15) is 0 Å². The summed E-state index contributed by atoms with van der Waals surface area (Å²) in [5, 5.41) is 11.1. The number of nitrogens with zero attached hydrogens (tertiary/aromatic N) is 3. The zero-order valence-corrected chi connectivity index (χ0v) is 9.68. The summed E-state index contributed by atoms with van der Waals surface area (Å²) in [6.45, 7) is 6.84. The van der Waals surface area contributed by atoms with Crippen LogP contribution in [-0.2, 0) is 11.3 Å². The third-order valence-corrected chi connectivity index (χ3v) is 2.37. The number of rotatable bonds is 7. The van der Waals surface area contributed by atoms with E-state index < -0.39 is 0 Å². The summed E-state index contributed by atoms with van der Waals surface area (Å²) in [6, 6.07) is 0.401. The van der Waals surface area contributed by atoms with E-state index in [0.717, 1.165) is 19.7 Å². The van der Waals surface area contributed by atoms with Crippen molar-refractivity contribution in [3.63, 3.8) is 0 Å². The molecule has 1 aromatic heterocycles. The number of hydrogen-bond acceptors (Lipinski definition) is 4. The molecule has 0 saturated carbocycles. The van der Waals surface area contributed by atoms with Crippen molar-refractivity contribution in [3.8, 4) is 0 Å². The van der Waals surface area contributed by atoms with Gasteiger partial charge < -0.3 is 10.1 Å². The molecule has 0 bridgehead atoms. The van der Waals surface area contributed by atoms with Gasteiger partial charge >= 0.3 is 0 Å². The third-order valence-electron chi connectivity index (χ3n) is 2.37. The molecule has 0 aliphatic rings. The van der Waals surface area contributed by atoms with Crippen molar-refractivity contribution in [2.24, 2.45) is 5.92 Å². The van der Waals surface area contributed by atoms with Crippen molar-refractivity contribution in [2.75, 3.05) is 20.3 Å². The van der Waals surface area contributed by atoms with Crippen molar-refractivity contribution in [3.05, 3.63) is 12.4 Å². The fraction of sp³-hybridized carbons (Fsp3) is 0.800. The van der Waals surface area contributed by atoms with Gasteiger partial charge in [-0.1, -0.05) is 19.1 Å². The minimum absolute atomic E-state index is 0.401. The fourth-order valence-electron chi connectivity index (χ4n) is 1.38. The maximum Gasteiger partial charge on any atom is 0.0692 e. The molecule has 0 radical (unpaired) electrons. The molecule has 0 amide bonds. The predicted octanol–water partition coefficient (Wildman–Crippen LogP) is 0.539. The van der Waals surface area contributed by atoms with Crippen LogP contribution in [0.15, 0.2) is 12.4 Å². The van der Waals surface area contributed by atoms with Gasteiger partial charge in [-0.2, -0.15) is 0 Å². The van der Waals surface area contributed by atoms with E-state index in [1.807, 2.05) is 10.9 Å². The highest BCUT2D eigenvalue weighted by molar-refractivity contribution is 4.70. The maximum atomic E-state index is 5.16. The topological polar surface area (TPSA) is 52.0 Å². The van der Waals surface area contributed by atoms with E-state index >= 15 is 0 Å². The minimum atomic E-state index is 0.401. The summed E-state index contributed by atoms with van der Waals surface area (Å²) in [6.07, 6.45) is 3.55. The molecule has 1 aromatic rings. The fourth-order valence-corrected chi connectivity index (χ4v) is 1.38. The Morgan fingerprint density at radius 1 is 1.47 bits per heavy atom. The summed E-state index contributed by atoms with van der Waals surface area (Å²) in [4.78, 5) is 0. The van der Waals surface area contributed by atoms with Crippen molar-refractivity contribution >= 4 is 0 Å². The van der Waals surface area contributed by atoms with Crippen LogP contribution in [0.5, 0.6) is 0 Å². The second kappa shape index (κ2) is 6.53. The predicted molar refractivity (Wildman–Crippen MR) is 58.5 cm³/mol. The molecule has 0 aromatic carbocycles. The van der Waals surface area contributed by atoms with Gasteiger partial charge in [-0.25, -0.2) is 0 Å². The molecule has 0 aliphatic heterocycles. The third kappa shape index (κ3) is 4.40. The molecule has 1 heterocycles. The number of aromatic nitrogens is 3. The van der Waals surface area contributed by atoms with Crippen molar-refractivity contribution in [1.82, 2.24) is 20.3 Å². The van der Waals surface area contributed by atoms with Gasteiger partial charge in [-0.15, -0.1) is 5.10 Å². The molecular formula is C10H20N4O. The van der Waals surface area contributed by atoms with Gasteiger partial charge in [0.15, 0.2) is 0 Å². The largest absolute Gasteiger partial charge is 0.383 e. The second-order valence-electron chi connectivity index (χ2n) is 3.93. The highest BCUT2D eigenvalue weighted by Crippen LogP contribution is 2.01. The SMILES string of the molecule is COCC(NCCn1ccnn1)C(C)C. The lowest BCUT2D eigenvalue weighted by molar-refractivity contribution is 0.146. The number of ether oxygens (including phenoxy) is 1. The summed E-state index contributed by atoms with van der Waals surface area (Å²) in [5.74, 6) is 0.570. The molecule has 5 heteroatoms. The van der Waals surface area contributed by atoms with E-state index in [1.54, 1.807) is 13.3 Å². The normalized spacial score (nSPS) is 13.3. The summed E-state index contributed by atoms with van der Waals surface area (Å²) in [7, 11) is 1.73. The monoisotopic (exact) mass is 212 g/mol. The van der Waals surface area contributed by atoms with Crippen LogP contribution >= 0.6 is 0 Å². The standard InChI is InChI=1S/C10H20N4O/c1-9(2)10(8-15-3)11-4-6-14-7-5-12-13-14/h5,7,9-11H,4,6,8H2,1-3H3. The molecular weight excluding hydrogens is 192 g/mol. The first-order valence-electron chi connectivity index (χ1n) is 5.30. The lowest BCUT2D eigenvalue weighted by Crippen LogP contribution is -2.39. The van der Waals surface area contributed by atoms with Crippen molar-refractivity contribution in [1.29, 1.82) is 0 Å². The molecule has 0 fully saturated rings. The van der Waals surface area contributed by atoms with Gasteiger partial charge in [-0.3, -0.25) is 4.68 Å². The number of methoxy groups -OCH3 is 1. The van der Waals surface area contributed by atoms with E-state index in [-0.39, 0.29) is 0 Å². The highest BCUT2D eigenvalue weighted by Gasteiger charge is 2.11. The van der Waals surface area contributed by atoms with Crippen LogP contribution in [0.3, 0.4) is 0 Å². The molecule has 1 rings (SSSR count). The van der Waals surface area contributed by atoms with Crippen molar-refractivity contribution < 1.29 is 4.74 Å². The Balaban J connectivity index is 2.22. The average molecular weight is 212 g/mol. The van der Waals surface area contributed by atoms with Crippen LogP contribution in [0.25, 0.3) is 0 Å². The quantitative estimate of drug-likeness (QED) is 0.716. The summed E-state index contributed by atoms with van der Waals surface area (Å²) < 4.78 is 6.97. The molecule has 0 aliphatic carbocycles. The molecule has 1 unspecified atom stereocenters. The maximum absolute atomic E-state index is 5.16. The Hall–Kier alpha value is -0.940. The van der Waals surface area contributed by atoms with E-state index in [4.69, 9.17) is 4.74 Å². The smallest absolute Gasteiger partial charge is 0.0692 e. The Kier molecular flexibility index (Phi) is 5.28. The van der Waals surface area contributed by atoms with Crippen LogP contribution in [0.2, 0.25) is 0 Å². The Bertz CT molecular complexity index is 248. The van der Waals surface area contributed by atoms with Crippen LogP contribution in [-0.4, -0.2) is 41.3 Å². The van der Waals surface area contributed by atoms with E-state index in [1.165, 1.54) is 0 Å². The Labute approximate surface area is 90.8 Å². The summed E-state index contributed by atoms with van der Waals surface area (Å²) in [5.41, 5.74) is 0. The van der Waals surface area contributed by atoms with Gasteiger partial charge in [0.05, 0.1) is 19.3 Å². The molecule has 15 heavy (non-hydrogen) atoms. The van der Waals surface area contributed by atoms with Gasteiger partial charge in [-0.05, 0) is 5.92 Å². The van der Waals surface area contributed by atoms with Gasteiger partial charge in [0.2, 0.25) is 0 Å². The van der Waals surface area contributed by atoms with Crippen LogP contribution in [0.1, 0.15) is 13.8 Å². The lowest BCUT2D eigenvalue weighted by atomic mass is 10.1. The molecule has 1 atom stereocenters. The Morgan fingerprint density at radius 3 is 2.80 bits per heavy atom. The minimum Gasteiger partial charge on any atom is -0.383 e. The van der Waals surface area contributed by atoms with Gasteiger partial charge in [0.1, 0.15) is 0 Å². The van der Waals surface area contributed by atoms with Crippen LogP contribution in [0.4, 0.5) is 0 Å². The molecule has 0 spiro atoms. The average Bonchev–Trinajstić information content (AvgIpc) is 2.69. The summed E-state index contributed by atoms with van der Waals surface area (Å²) >= 11 is 0. The highest BCUT2D eigenvalue weighted by atomic mass is 16.5.